The lowest BCUT2D eigenvalue weighted by molar-refractivity contribution is 0.436. The number of hydrogen-bond acceptors (Lipinski definition) is 3. The van der Waals surface area contributed by atoms with Crippen LogP contribution in [-0.4, -0.2) is 0 Å². The molecule has 0 saturated carbocycles. The summed E-state index contributed by atoms with van der Waals surface area (Å²) in [5.41, 5.74) is 24.0. The highest BCUT2D eigenvalue weighted by atomic mass is 16.5. The van der Waals surface area contributed by atoms with E-state index in [2.05, 4.69) is 290 Å². The Labute approximate surface area is 448 Å². The van der Waals surface area contributed by atoms with Gasteiger partial charge in [-0.15, -0.1) is 0 Å². The van der Waals surface area contributed by atoms with E-state index in [1.165, 1.54) is 72.3 Å². The van der Waals surface area contributed by atoms with Gasteiger partial charge in [0.15, 0.2) is 0 Å². The summed E-state index contributed by atoms with van der Waals surface area (Å²) in [4.78, 5) is 2.41. The van der Waals surface area contributed by atoms with Crippen LogP contribution in [0.1, 0.15) is 44.5 Å². The van der Waals surface area contributed by atoms with Crippen LogP contribution in [0.3, 0.4) is 0 Å². The molecule has 16 rings (SSSR count). The molecule has 0 saturated heterocycles. The fourth-order valence-electron chi connectivity index (χ4n) is 13.6. The van der Waals surface area contributed by atoms with E-state index in [1.807, 2.05) is 0 Å². The van der Waals surface area contributed by atoms with Gasteiger partial charge in [0.1, 0.15) is 23.0 Å². The standard InChI is InChI=1S/C74H47NO2/c1-2-18-50(19-3-1)55-20-6-13-29-68(55)75(53-40-34-48(35-41-53)51-39-45-62-59(46-51)57-22-5-8-24-61(57)73(62)63-25-9-14-30-69(63)76-70-31-15-10-26-64(70)73)54-42-36-49(37-43-54)52-38-44-58-56-21-4-7-23-60(56)74(67(58)47-52)65-27-11-16-32-71(65)77-72-33-17-12-28-66(72)74/h1-47H. The summed E-state index contributed by atoms with van der Waals surface area (Å²) in [6, 6.07) is 104. The maximum Gasteiger partial charge on any atom is 0.132 e. The first kappa shape index (κ1) is 43.4. The van der Waals surface area contributed by atoms with Crippen molar-refractivity contribution in [2.75, 3.05) is 4.90 Å². The minimum absolute atomic E-state index is 0.500. The van der Waals surface area contributed by atoms with Crippen LogP contribution >= 0.6 is 0 Å². The van der Waals surface area contributed by atoms with Gasteiger partial charge in [0.25, 0.3) is 0 Å². The Hall–Kier alpha value is -9.96. The molecule has 0 unspecified atom stereocenters. The average Bonchev–Trinajstić information content (AvgIpc) is 3.63. The van der Waals surface area contributed by atoms with E-state index in [-0.39, 0.29) is 0 Å². The summed E-state index contributed by atoms with van der Waals surface area (Å²) in [6.07, 6.45) is 0. The third-order valence-corrected chi connectivity index (χ3v) is 16.8. The van der Waals surface area contributed by atoms with E-state index in [1.54, 1.807) is 0 Å². The zero-order valence-corrected chi connectivity index (χ0v) is 41.9. The van der Waals surface area contributed by atoms with Crippen molar-refractivity contribution in [1.82, 2.24) is 0 Å². The molecule has 0 atom stereocenters. The van der Waals surface area contributed by atoms with Crippen molar-refractivity contribution in [2.45, 2.75) is 10.8 Å². The smallest absolute Gasteiger partial charge is 0.132 e. The molecular weight excluding hydrogens is 935 g/mol. The van der Waals surface area contributed by atoms with Gasteiger partial charge < -0.3 is 14.4 Å². The number of benzene rings is 12. The first-order chi connectivity index (χ1) is 38.2. The van der Waals surface area contributed by atoms with Crippen LogP contribution in [-0.2, 0) is 10.8 Å². The maximum absolute atomic E-state index is 6.64. The summed E-state index contributed by atoms with van der Waals surface area (Å²) in [7, 11) is 0. The van der Waals surface area contributed by atoms with Gasteiger partial charge in [-0.05, 0) is 139 Å². The normalized spacial score (nSPS) is 13.9. The molecule has 360 valence electrons. The molecule has 77 heavy (non-hydrogen) atoms. The van der Waals surface area contributed by atoms with Crippen LogP contribution in [0.25, 0.3) is 55.6 Å². The van der Waals surface area contributed by atoms with E-state index in [4.69, 9.17) is 9.47 Å². The molecule has 2 heterocycles. The van der Waals surface area contributed by atoms with E-state index >= 15 is 0 Å². The highest BCUT2D eigenvalue weighted by Gasteiger charge is 2.52. The molecule has 0 bridgehead atoms. The molecule has 0 amide bonds. The predicted molar refractivity (Wildman–Crippen MR) is 312 cm³/mol. The SMILES string of the molecule is c1ccc(-c2ccccc2N(c2ccc(-c3ccc4c(c3)-c3ccccc3C43c4ccccc4Oc4ccccc43)cc2)c2ccc(-c3ccc4c(c3)C3(c5ccccc5Oc5ccccc53)c3ccccc3-4)cc2)cc1. The Morgan fingerprint density at radius 1 is 0.221 bits per heavy atom. The Morgan fingerprint density at radius 2 is 0.584 bits per heavy atom. The van der Waals surface area contributed by atoms with Crippen molar-refractivity contribution in [3.05, 3.63) is 330 Å². The highest BCUT2D eigenvalue weighted by molar-refractivity contribution is 5.94. The number of para-hydroxylation sites is 5. The van der Waals surface area contributed by atoms with Crippen LogP contribution in [0.2, 0.25) is 0 Å². The second-order valence-corrected chi connectivity index (χ2v) is 20.6. The van der Waals surface area contributed by atoms with E-state index in [0.717, 1.165) is 67.9 Å². The lowest BCUT2D eigenvalue weighted by atomic mass is 9.66. The lowest BCUT2D eigenvalue weighted by Crippen LogP contribution is -2.32. The second kappa shape index (κ2) is 16.8. The van der Waals surface area contributed by atoms with Crippen molar-refractivity contribution in [1.29, 1.82) is 0 Å². The van der Waals surface area contributed by atoms with Gasteiger partial charge >= 0.3 is 0 Å². The molecule has 0 N–H and O–H groups in total. The molecule has 3 heteroatoms. The Balaban J connectivity index is 0.804. The number of ether oxygens (including phenoxy) is 2. The molecule has 2 spiro atoms. The molecule has 0 fully saturated rings. The average molecular weight is 982 g/mol. The molecule has 4 aliphatic rings. The summed E-state index contributed by atoms with van der Waals surface area (Å²) in [6.45, 7) is 0. The summed E-state index contributed by atoms with van der Waals surface area (Å²) >= 11 is 0. The molecule has 12 aromatic carbocycles. The second-order valence-electron chi connectivity index (χ2n) is 20.6. The third kappa shape index (κ3) is 6.20. The lowest BCUT2D eigenvalue weighted by Gasteiger charge is -2.39. The quantitative estimate of drug-likeness (QED) is 0.166. The van der Waals surface area contributed by atoms with Gasteiger partial charge in [0.2, 0.25) is 0 Å². The topological polar surface area (TPSA) is 21.7 Å². The third-order valence-electron chi connectivity index (χ3n) is 16.8. The van der Waals surface area contributed by atoms with Crippen molar-refractivity contribution < 1.29 is 9.47 Å². The first-order valence-corrected chi connectivity index (χ1v) is 26.6. The van der Waals surface area contributed by atoms with Gasteiger partial charge in [-0.1, -0.05) is 218 Å². The van der Waals surface area contributed by atoms with Crippen LogP contribution in [0.15, 0.2) is 285 Å². The van der Waals surface area contributed by atoms with E-state index in [9.17, 15) is 0 Å². The van der Waals surface area contributed by atoms with E-state index in [0.29, 0.717) is 0 Å². The minimum atomic E-state index is -0.535. The zero-order valence-electron chi connectivity index (χ0n) is 41.9. The summed E-state index contributed by atoms with van der Waals surface area (Å²) in [5, 5.41) is 0. The molecule has 2 aliphatic heterocycles. The Bertz CT molecular complexity index is 4250. The van der Waals surface area contributed by atoms with Gasteiger partial charge in [0, 0.05) is 39.2 Å². The Morgan fingerprint density at radius 3 is 1.12 bits per heavy atom. The number of rotatable bonds is 6. The molecule has 12 aromatic rings. The number of hydrogen-bond donors (Lipinski definition) is 0. The monoisotopic (exact) mass is 981 g/mol. The Kier molecular flexibility index (Phi) is 9.47. The number of nitrogens with zero attached hydrogens (tertiary/aromatic N) is 1. The highest BCUT2D eigenvalue weighted by Crippen LogP contribution is 2.64. The largest absolute Gasteiger partial charge is 0.457 e. The summed E-state index contributed by atoms with van der Waals surface area (Å²) in [5.74, 6) is 3.59. The zero-order chi connectivity index (χ0) is 50.7. The van der Waals surface area contributed by atoms with Gasteiger partial charge in [0.05, 0.1) is 16.5 Å². The van der Waals surface area contributed by atoms with Crippen molar-refractivity contribution in [2.24, 2.45) is 0 Å². The van der Waals surface area contributed by atoms with Crippen molar-refractivity contribution in [3.63, 3.8) is 0 Å². The van der Waals surface area contributed by atoms with E-state index < -0.39 is 10.8 Å². The number of fused-ring (bicyclic) bond motifs is 18. The van der Waals surface area contributed by atoms with Crippen molar-refractivity contribution in [3.8, 4) is 78.6 Å². The number of anilines is 3. The molecular formula is C74H47NO2. The van der Waals surface area contributed by atoms with Gasteiger partial charge in [-0.25, -0.2) is 0 Å². The molecule has 3 nitrogen and oxygen atoms in total. The maximum atomic E-state index is 6.64. The first-order valence-electron chi connectivity index (χ1n) is 26.6. The fraction of sp³-hybridized carbons (Fsp3) is 0.0270. The minimum Gasteiger partial charge on any atom is -0.457 e. The predicted octanol–water partition coefficient (Wildman–Crippen LogP) is 19.1. The fourth-order valence-corrected chi connectivity index (χ4v) is 13.6. The molecule has 0 aromatic heterocycles. The van der Waals surface area contributed by atoms with Crippen LogP contribution in [0, 0.1) is 0 Å². The van der Waals surface area contributed by atoms with Gasteiger partial charge in [-0.3, -0.25) is 0 Å². The van der Waals surface area contributed by atoms with Crippen molar-refractivity contribution >= 4 is 17.1 Å². The van der Waals surface area contributed by atoms with Crippen LogP contribution < -0.4 is 14.4 Å². The van der Waals surface area contributed by atoms with Gasteiger partial charge in [-0.2, -0.15) is 0 Å². The van der Waals surface area contributed by atoms with Crippen LogP contribution in [0.5, 0.6) is 23.0 Å². The molecule has 0 radical (unpaired) electrons. The molecule has 2 aliphatic carbocycles. The summed E-state index contributed by atoms with van der Waals surface area (Å²) < 4.78 is 13.2. The van der Waals surface area contributed by atoms with Crippen LogP contribution in [0.4, 0.5) is 17.1 Å².